The molecule has 0 unspecified atom stereocenters. The lowest BCUT2D eigenvalue weighted by Gasteiger charge is -2.34. The van der Waals surface area contributed by atoms with Crippen molar-refractivity contribution in [2.75, 3.05) is 18.1 Å². The zero-order chi connectivity index (χ0) is 15.5. The van der Waals surface area contributed by atoms with Crippen LogP contribution in [0.4, 0.5) is 0 Å². The van der Waals surface area contributed by atoms with Gasteiger partial charge in [0.2, 0.25) is 5.91 Å². The fourth-order valence-corrected chi connectivity index (χ4v) is 4.52. The lowest BCUT2D eigenvalue weighted by molar-refractivity contribution is -0.117. The fraction of sp³-hybridized carbons (Fsp3) is 0.824. The van der Waals surface area contributed by atoms with Gasteiger partial charge in [-0.2, -0.15) is 11.8 Å². The third kappa shape index (κ3) is 5.03. The van der Waals surface area contributed by atoms with Crippen molar-refractivity contribution in [3.05, 3.63) is 11.6 Å². The Labute approximate surface area is 133 Å². The van der Waals surface area contributed by atoms with Gasteiger partial charge in [-0.1, -0.05) is 26.3 Å². The molecule has 1 aliphatic carbocycles. The van der Waals surface area contributed by atoms with Gasteiger partial charge >= 0.3 is 0 Å². The highest BCUT2D eigenvalue weighted by Gasteiger charge is 2.32. The average molecular weight is 311 g/mol. The molecule has 2 aliphatic rings. The van der Waals surface area contributed by atoms with Crippen molar-refractivity contribution in [1.29, 1.82) is 0 Å². The molecule has 0 aromatic carbocycles. The molecule has 1 saturated heterocycles. The molecule has 1 heterocycles. The van der Waals surface area contributed by atoms with Crippen LogP contribution in [0.3, 0.4) is 0 Å². The van der Waals surface area contributed by atoms with Gasteiger partial charge in [-0.3, -0.25) is 4.79 Å². The van der Waals surface area contributed by atoms with Gasteiger partial charge in [-0.25, -0.2) is 0 Å². The minimum absolute atomic E-state index is 0.0375. The first-order valence-corrected chi connectivity index (χ1v) is 9.21. The minimum Gasteiger partial charge on any atom is -0.387 e. The van der Waals surface area contributed by atoms with Crippen LogP contribution >= 0.6 is 11.8 Å². The number of thioether (sulfide) groups is 1. The Morgan fingerprint density at radius 3 is 2.62 bits per heavy atom. The quantitative estimate of drug-likeness (QED) is 0.787. The molecule has 21 heavy (non-hydrogen) atoms. The van der Waals surface area contributed by atoms with E-state index in [9.17, 15) is 9.90 Å². The molecule has 0 radical (unpaired) electrons. The number of allylic oxidation sites excluding steroid dienone is 1. The smallest absolute Gasteiger partial charge is 0.244 e. The summed E-state index contributed by atoms with van der Waals surface area (Å²) in [6.07, 6.45) is 6.99. The highest BCUT2D eigenvalue weighted by molar-refractivity contribution is 7.99. The normalized spacial score (nSPS) is 30.3. The molecule has 0 spiro atoms. The van der Waals surface area contributed by atoms with Crippen molar-refractivity contribution < 1.29 is 9.90 Å². The maximum absolute atomic E-state index is 12.0. The van der Waals surface area contributed by atoms with Gasteiger partial charge in [0.25, 0.3) is 0 Å². The molecule has 1 atom stereocenters. The molecular weight excluding hydrogens is 282 g/mol. The molecule has 1 amide bonds. The van der Waals surface area contributed by atoms with E-state index >= 15 is 0 Å². The van der Waals surface area contributed by atoms with Gasteiger partial charge in [0, 0.05) is 18.4 Å². The van der Waals surface area contributed by atoms with Crippen LogP contribution in [0.2, 0.25) is 0 Å². The number of nitrogens with one attached hydrogen (secondary N) is 1. The summed E-state index contributed by atoms with van der Waals surface area (Å²) in [5, 5.41) is 13.1. The third-order valence-electron chi connectivity index (χ3n) is 4.86. The third-order valence-corrected chi connectivity index (χ3v) is 6.10. The van der Waals surface area contributed by atoms with E-state index in [0.29, 0.717) is 12.0 Å². The number of aliphatic hydroxyl groups is 1. The molecule has 1 aliphatic heterocycles. The van der Waals surface area contributed by atoms with E-state index < -0.39 is 5.60 Å². The van der Waals surface area contributed by atoms with Crippen LogP contribution in [0, 0.1) is 11.3 Å². The first-order valence-electron chi connectivity index (χ1n) is 8.06. The van der Waals surface area contributed by atoms with Crippen LogP contribution in [0.15, 0.2) is 11.6 Å². The van der Waals surface area contributed by atoms with Crippen molar-refractivity contribution in [3.63, 3.8) is 0 Å². The summed E-state index contributed by atoms with van der Waals surface area (Å²) in [6.45, 7) is 7.30. The fourth-order valence-electron chi connectivity index (χ4n) is 3.22. The number of carbonyl (C=O) groups excluding carboxylic acids is 1. The highest BCUT2D eigenvalue weighted by Crippen LogP contribution is 2.39. The van der Waals surface area contributed by atoms with E-state index in [2.05, 4.69) is 26.1 Å². The van der Waals surface area contributed by atoms with E-state index in [0.717, 1.165) is 36.7 Å². The van der Waals surface area contributed by atoms with Crippen LogP contribution in [-0.2, 0) is 4.79 Å². The van der Waals surface area contributed by atoms with Crippen molar-refractivity contribution in [3.8, 4) is 0 Å². The monoisotopic (exact) mass is 311 g/mol. The molecule has 4 heteroatoms. The highest BCUT2D eigenvalue weighted by atomic mass is 32.2. The Morgan fingerprint density at radius 1 is 1.43 bits per heavy atom. The van der Waals surface area contributed by atoms with Crippen molar-refractivity contribution in [1.82, 2.24) is 5.32 Å². The second kappa shape index (κ2) is 6.74. The summed E-state index contributed by atoms with van der Waals surface area (Å²) in [7, 11) is 0. The van der Waals surface area contributed by atoms with Crippen LogP contribution < -0.4 is 5.32 Å². The van der Waals surface area contributed by atoms with E-state index in [1.807, 2.05) is 0 Å². The van der Waals surface area contributed by atoms with E-state index in [1.54, 1.807) is 17.8 Å². The molecule has 0 aromatic heterocycles. The van der Waals surface area contributed by atoms with Gasteiger partial charge in [0.05, 0.1) is 5.60 Å². The van der Waals surface area contributed by atoms with E-state index in [-0.39, 0.29) is 5.91 Å². The van der Waals surface area contributed by atoms with Crippen molar-refractivity contribution in [2.24, 2.45) is 11.3 Å². The molecule has 2 fully saturated rings. The van der Waals surface area contributed by atoms with Crippen molar-refractivity contribution >= 4 is 17.7 Å². The molecule has 2 rings (SSSR count). The first-order chi connectivity index (χ1) is 9.78. The number of hydrogen-bond donors (Lipinski definition) is 2. The largest absolute Gasteiger partial charge is 0.387 e. The topological polar surface area (TPSA) is 49.3 Å². The zero-order valence-corrected chi connectivity index (χ0v) is 14.4. The van der Waals surface area contributed by atoms with Gasteiger partial charge < -0.3 is 10.4 Å². The molecule has 3 nitrogen and oxygen atoms in total. The summed E-state index contributed by atoms with van der Waals surface area (Å²) >= 11 is 1.75. The summed E-state index contributed by atoms with van der Waals surface area (Å²) in [4.78, 5) is 12.0. The molecule has 0 aromatic rings. The zero-order valence-electron chi connectivity index (χ0n) is 13.6. The van der Waals surface area contributed by atoms with Gasteiger partial charge in [0.15, 0.2) is 0 Å². The Bertz CT molecular complexity index is 396. The van der Waals surface area contributed by atoms with Crippen LogP contribution in [0.1, 0.15) is 52.9 Å². The number of hydrogen-bond acceptors (Lipinski definition) is 3. The standard InChI is InChI=1S/C17H29NO2S/c1-16(2,3)14-6-4-13(5-7-14)10-15(19)18-11-17(20)8-9-21-12-17/h10,14,20H,4-9,11-12H2,1-3H3,(H,18,19)/t14?,17-/m1/s1. The van der Waals surface area contributed by atoms with E-state index in [4.69, 9.17) is 0 Å². The predicted octanol–water partition coefficient (Wildman–Crippen LogP) is 3.13. The van der Waals surface area contributed by atoms with Crippen LogP contribution in [-0.4, -0.2) is 34.7 Å². The SMILES string of the molecule is CC(C)(C)C1CCC(=CC(=O)NC[C@]2(O)CCSC2)CC1. The Kier molecular flexibility index (Phi) is 5.42. The Balaban J connectivity index is 1.77. The summed E-state index contributed by atoms with van der Waals surface area (Å²) < 4.78 is 0. The molecule has 1 saturated carbocycles. The van der Waals surface area contributed by atoms with Gasteiger partial charge in [0.1, 0.15) is 0 Å². The van der Waals surface area contributed by atoms with Gasteiger partial charge in [-0.05, 0) is 49.2 Å². The number of carbonyl (C=O) groups is 1. The maximum Gasteiger partial charge on any atom is 0.244 e. The second-order valence-electron chi connectivity index (χ2n) is 7.69. The summed E-state index contributed by atoms with van der Waals surface area (Å²) in [6, 6.07) is 0. The second-order valence-corrected chi connectivity index (χ2v) is 8.79. The Hall–Kier alpha value is -0.480. The molecule has 2 N–H and O–H groups in total. The predicted molar refractivity (Wildman–Crippen MR) is 89.4 cm³/mol. The molecule has 120 valence electrons. The first kappa shape index (κ1) is 16.9. The van der Waals surface area contributed by atoms with Gasteiger partial charge in [-0.15, -0.1) is 0 Å². The van der Waals surface area contributed by atoms with Crippen molar-refractivity contribution in [2.45, 2.75) is 58.5 Å². The average Bonchev–Trinajstić information content (AvgIpc) is 2.84. The minimum atomic E-state index is -0.692. The lowest BCUT2D eigenvalue weighted by atomic mass is 9.71. The molecular formula is C17H29NO2S. The lowest BCUT2D eigenvalue weighted by Crippen LogP contribution is -2.42. The number of rotatable bonds is 3. The summed E-state index contributed by atoms with van der Waals surface area (Å²) in [5.41, 5.74) is 0.945. The molecule has 0 bridgehead atoms. The number of amides is 1. The Morgan fingerprint density at radius 2 is 2.10 bits per heavy atom. The van der Waals surface area contributed by atoms with Crippen LogP contribution in [0.25, 0.3) is 0 Å². The summed E-state index contributed by atoms with van der Waals surface area (Å²) in [5.74, 6) is 2.44. The van der Waals surface area contributed by atoms with E-state index in [1.165, 1.54) is 18.4 Å². The van der Waals surface area contributed by atoms with Crippen LogP contribution in [0.5, 0.6) is 0 Å². The maximum atomic E-state index is 12.0.